The van der Waals surface area contributed by atoms with Gasteiger partial charge in [-0.25, -0.2) is 4.79 Å². The van der Waals surface area contributed by atoms with E-state index >= 15 is 0 Å². The summed E-state index contributed by atoms with van der Waals surface area (Å²) in [4.78, 5) is 30.7. The van der Waals surface area contributed by atoms with Crippen molar-refractivity contribution in [2.24, 2.45) is 0 Å². The van der Waals surface area contributed by atoms with Crippen molar-refractivity contribution in [2.75, 3.05) is 22.6 Å². The lowest BCUT2D eigenvalue weighted by atomic mass is 9.93. The van der Waals surface area contributed by atoms with Crippen LogP contribution in [0.2, 0.25) is 0 Å². The average Bonchev–Trinajstić information content (AvgIpc) is 3.46. The molecule has 6 N–H and O–H groups in total. The van der Waals surface area contributed by atoms with E-state index in [-0.39, 0.29) is 29.1 Å². The normalized spacial score (nSPS) is 16.8. The Bertz CT molecular complexity index is 1400. The van der Waals surface area contributed by atoms with Gasteiger partial charge in [-0.15, -0.1) is 11.6 Å². The van der Waals surface area contributed by atoms with E-state index in [0.717, 1.165) is 33.3 Å². The van der Waals surface area contributed by atoms with Crippen LogP contribution in [0.25, 0.3) is 16.5 Å². The van der Waals surface area contributed by atoms with Gasteiger partial charge in [0.1, 0.15) is 11.9 Å². The largest absolute Gasteiger partial charge is 0.503 e. The molecule has 35 heavy (non-hydrogen) atoms. The van der Waals surface area contributed by atoms with Gasteiger partial charge < -0.3 is 25.6 Å². The molecule has 5 rings (SSSR count). The smallest absolute Gasteiger partial charge is 0.319 e. The summed E-state index contributed by atoms with van der Waals surface area (Å²) in [6, 6.07) is 8.61. The Labute approximate surface area is 208 Å². The van der Waals surface area contributed by atoms with Crippen molar-refractivity contribution in [1.82, 2.24) is 10.3 Å². The van der Waals surface area contributed by atoms with Gasteiger partial charge in [-0.3, -0.25) is 10.1 Å². The minimum Gasteiger partial charge on any atom is -0.503 e. The zero-order chi connectivity index (χ0) is 25.1. The third-order valence-electron chi connectivity index (χ3n) is 6.39. The van der Waals surface area contributed by atoms with E-state index < -0.39 is 0 Å². The minimum atomic E-state index is -0.352. The van der Waals surface area contributed by atoms with Gasteiger partial charge in [-0.05, 0) is 57.5 Å². The van der Waals surface area contributed by atoms with E-state index in [1.165, 1.54) is 0 Å². The summed E-state index contributed by atoms with van der Waals surface area (Å²) in [5.41, 5.74) is 6.01. The molecule has 0 fully saturated rings. The van der Waals surface area contributed by atoms with Crippen LogP contribution in [0.3, 0.4) is 0 Å². The lowest BCUT2D eigenvalue weighted by Gasteiger charge is -2.20. The van der Waals surface area contributed by atoms with Gasteiger partial charge >= 0.3 is 6.03 Å². The van der Waals surface area contributed by atoms with Crippen LogP contribution in [-0.2, 0) is 0 Å². The molecule has 2 aliphatic rings. The lowest BCUT2D eigenvalue weighted by molar-refractivity contribution is -0.492. The predicted octanol–water partition coefficient (Wildman–Crippen LogP) is 4.35. The number of amides is 3. The van der Waals surface area contributed by atoms with Gasteiger partial charge in [-0.2, -0.15) is 0 Å². The third kappa shape index (κ3) is 4.13. The molecule has 3 aromatic rings. The number of aromatic nitrogens is 1. The number of aromatic hydroxyl groups is 1. The molecule has 0 spiro atoms. The fraction of sp³-hybridized carbons (Fsp3) is 0.308. The first-order valence-electron chi connectivity index (χ1n) is 11.6. The number of urea groups is 1. The number of carbonyl (C=O) groups excluding carboxylic acids is 2. The maximum Gasteiger partial charge on any atom is 0.319 e. The monoisotopic (exact) mass is 494 g/mol. The standard InChI is InChI=1S/C26H28ClN5O3/c1-13-11-28-23-20(33)9-19-22(21(13)23)15(10-27)12-32(19)24(34)18-8-14-7-16(5-6-17(14)30-18)29-25(35)31-26(2,3)4/h5-9,11,15,28,30,33H,10,12H2,1-4H3,(H2,29,31,35)/p+1. The Morgan fingerprint density at radius 2 is 2.03 bits per heavy atom. The second kappa shape index (κ2) is 8.32. The summed E-state index contributed by atoms with van der Waals surface area (Å²) >= 11 is 6.33. The highest BCUT2D eigenvalue weighted by atomic mass is 35.5. The first-order chi connectivity index (χ1) is 16.6. The van der Waals surface area contributed by atoms with Gasteiger partial charge in [0.25, 0.3) is 5.91 Å². The fourth-order valence-corrected chi connectivity index (χ4v) is 5.16. The number of hydrogen-bond donors (Lipinski definition) is 5. The number of allylic oxidation sites excluding steroid dienone is 1. The molecule has 0 aliphatic carbocycles. The Hall–Kier alpha value is -3.49. The van der Waals surface area contributed by atoms with Crippen molar-refractivity contribution < 1.29 is 20.0 Å². The molecule has 0 saturated heterocycles. The van der Waals surface area contributed by atoms with Gasteiger partial charge in [-0.1, -0.05) is 0 Å². The highest BCUT2D eigenvalue weighted by Crippen LogP contribution is 2.48. The fourth-order valence-electron chi connectivity index (χ4n) is 4.91. The van der Waals surface area contributed by atoms with E-state index in [4.69, 9.17) is 11.6 Å². The second-order valence-corrected chi connectivity index (χ2v) is 10.5. The summed E-state index contributed by atoms with van der Waals surface area (Å²) in [6.07, 6.45) is 1.98. The Balaban J connectivity index is 1.46. The van der Waals surface area contributed by atoms with Crippen molar-refractivity contribution in [3.8, 4) is 5.75 Å². The van der Waals surface area contributed by atoms with Crippen LogP contribution in [-0.4, -0.2) is 40.0 Å². The van der Waals surface area contributed by atoms with Crippen LogP contribution in [0.15, 0.2) is 36.5 Å². The van der Waals surface area contributed by atoms with E-state index in [1.54, 1.807) is 23.1 Å². The molecule has 9 heteroatoms. The van der Waals surface area contributed by atoms with Crippen molar-refractivity contribution in [2.45, 2.75) is 39.2 Å². The van der Waals surface area contributed by atoms with Crippen molar-refractivity contribution in [3.63, 3.8) is 0 Å². The number of anilines is 2. The van der Waals surface area contributed by atoms with Crippen molar-refractivity contribution >= 4 is 57.1 Å². The molecule has 0 radical (unpaired) electrons. The molecule has 182 valence electrons. The highest BCUT2D eigenvalue weighted by molar-refractivity contribution is 6.19. The number of fused-ring (bicyclic) bond motifs is 4. The highest BCUT2D eigenvalue weighted by Gasteiger charge is 2.39. The number of aromatic amines is 1. The summed E-state index contributed by atoms with van der Waals surface area (Å²) in [5.74, 6) is 0.305. The number of phenolic OH excluding ortho intramolecular Hbond substituents is 1. The number of H-pyrrole nitrogens is 1. The molecule has 3 amide bonds. The Morgan fingerprint density at radius 1 is 1.26 bits per heavy atom. The number of benzene rings is 2. The zero-order valence-corrected chi connectivity index (χ0v) is 20.9. The number of quaternary nitrogens is 1. The van der Waals surface area contributed by atoms with E-state index in [0.29, 0.717) is 29.5 Å². The summed E-state index contributed by atoms with van der Waals surface area (Å²) in [7, 11) is 0. The molecule has 1 atom stereocenters. The van der Waals surface area contributed by atoms with Gasteiger partial charge in [0, 0.05) is 52.1 Å². The van der Waals surface area contributed by atoms with Crippen LogP contribution in [0.5, 0.6) is 5.75 Å². The third-order valence-corrected chi connectivity index (χ3v) is 6.76. The second-order valence-electron chi connectivity index (χ2n) is 10.2. The molecule has 1 unspecified atom stereocenters. The number of carbonyl (C=O) groups is 2. The topological polar surface area (TPSA) is 114 Å². The summed E-state index contributed by atoms with van der Waals surface area (Å²) in [5, 5.41) is 19.1. The molecule has 0 saturated carbocycles. The van der Waals surface area contributed by atoms with Crippen LogP contribution >= 0.6 is 11.6 Å². The first kappa shape index (κ1) is 23.3. The Kier molecular flexibility index (Phi) is 5.53. The number of hydrogen-bond acceptors (Lipinski definition) is 3. The summed E-state index contributed by atoms with van der Waals surface area (Å²) < 4.78 is 0. The van der Waals surface area contributed by atoms with E-state index in [2.05, 4.69) is 15.6 Å². The molecule has 8 nitrogen and oxygen atoms in total. The van der Waals surface area contributed by atoms with Gasteiger partial charge in [0.2, 0.25) is 0 Å². The van der Waals surface area contributed by atoms with Crippen molar-refractivity contribution in [3.05, 3.63) is 53.4 Å². The van der Waals surface area contributed by atoms with Crippen LogP contribution in [0, 0.1) is 0 Å². The molecular formula is C26H29ClN5O3+. The number of nitrogens with one attached hydrogen (secondary N) is 3. The first-order valence-corrected chi connectivity index (χ1v) is 12.1. The predicted molar refractivity (Wildman–Crippen MR) is 139 cm³/mol. The number of alkyl halides is 1. The number of nitrogens with two attached hydrogens (primary N) is 1. The minimum absolute atomic E-state index is 0.0265. The molecule has 2 aromatic carbocycles. The molecular weight excluding hydrogens is 466 g/mol. The number of nitrogens with zero attached hydrogens (tertiary/aromatic N) is 1. The van der Waals surface area contributed by atoms with Crippen LogP contribution < -0.4 is 20.9 Å². The quantitative estimate of drug-likeness (QED) is 0.212. The maximum absolute atomic E-state index is 13.6. The Morgan fingerprint density at radius 3 is 2.74 bits per heavy atom. The zero-order valence-electron chi connectivity index (χ0n) is 20.1. The van der Waals surface area contributed by atoms with Gasteiger partial charge in [0.15, 0.2) is 11.4 Å². The summed E-state index contributed by atoms with van der Waals surface area (Å²) in [6.45, 7) is 8.18. The number of rotatable bonds is 3. The SMILES string of the molecule is CC1=C[NH2+]c2c(O)cc3c(c21)C(CCl)CN3C(=O)c1cc2cc(NC(=O)NC(C)(C)C)ccc2[nH]1. The van der Waals surface area contributed by atoms with E-state index in [1.807, 2.05) is 51.3 Å². The van der Waals surface area contributed by atoms with Crippen LogP contribution in [0.1, 0.15) is 55.2 Å². The molecule has 2 aliphatic heterocycles. The van der Waals surface area contributed by atoms with Crippen molar-refractivity contribution in [1.29, 1.82) is 0 Å². The lowest BCUT2D eigenvalue weighted by Crippen LogP contribution is -2.69. The number of phenols is 1. The average molecular weight is 495 g/mol. The molecule has 0 bridgehead atoms. The van der Waals surface area contributed by atoms with Gasteiger partial charge in [0.05, 0.1) is 11.3 Å². The number of halogens is 1. The van der Waals surface area contributed by atoms with E-state index in [9.17, 15) is 14.7 Å². The van der Waals surface area contributed by atoms with Crippen LogP contribution in [0.4, 0.5) is 21.9 Å². The molecule has 3 heterocycles. The molecule has 1 aromatic heterocycles. The maximum atomic E-state index is 13.6.